The van der Waals surface area contributed by atoms with Crippen molar-refractivity contribution in [2.75, 3.05) is 0 Å². The fraction of sp³-hybridized carbons (Fsp3) is 0.0476. The van der Waals surface area contributed by atoms with Crippen LogP contribution in [0, 0.1) is 4.77 Å². The summed E-state index contributed by atoms with van der Waals surface area (Å²) in [5.41, 5.74) is 4.81. The van der Waals surface area contributed by atoms with E-state index in [-0.39, 0.29) is 12.3 Å². The van der Waals surface area contributed by atoms with Crippen LogP contribution in [-0.4, -0.2) is 15.3 Å². The number of hydrogen-bond donors (Lipinski definition) is 1. The zero-order valence-corrected chi connectivity index (χ0v) is 14.3. The number of imidazole rings is 1. The first-order chi connectivity index (χ1) is 12.2. The summed E-state index contributed by atoms with van der Waals surface area (Å²) in [6, 6.07) is 25.7. The molecule has 0 bridgehead atoms. The molecule has 1 N–H and O–H groups in total. The Labute approximate surface area is 150 Å². The second-order valence-corrected chi connectivity index (χ2v) is 6.29. The Morgan fingerprint density at radius 3 is 2.24 bits per heavy atom. The highest BCUT2D eigenvalue weighted by Gasteiger charge is 2.11. The van der Waals surface area contributed by atoms with Crippen molar-refractivity contribution in [2.24, 2.45) is 0 Å². The highest BCUT2D eigenvalue weighted by molar-refractivity contribution is 7.71. The summed E-state index contributed by atoms with van der Waals surface area (Å²) in [6.07, 6.45) is 0. The van der Waals surface area contributed by atoms with E-state index in [1.54, 1.807) is 0 Å². The SMILES string of the molecule is O=C(Cn1c(=S)[nH]c2ccccc21)c1ccc(-c2ccccc2)cc1. The number of carbonyl (C=O) groups is 1. The van der Waals surface area contributed by atoms with Gasteiger partial charge < -0.3 is 9.55 Å². The van der Waals surface area contributed by atoms with Gasteiger partial charge >= 0.3 is 0 Å². The molecule has 0 saturated heterocycles. The summed E-state index contributed by atoms with van der Waals surface area (Å²) in [5, 5.41) is 0. The van der Waals surface area contributed by atoms with Crippen LogP contribution in [0.15, 0.2) is 78.9 Å². The van der Waals surface area contributed by atoms with Gasteiger partial charge in [0.15, 0.2) is 10.6 Å². The third kappa shape index (κ3) is 3.04. The molecule has 1 heterocycles. The second-order valence-electron chi connectivity index (χ2n) is 5.90. The van der Waals surface area contributed by atoms with Crippen molar-refractivity contribution >= 4 is 29.0 Å². The molecule has 0 unspecified atom stereocenters. The van der Waals surface area contributed by atoms with Crippen molar-refractivity contribution in [3.63, 3.8) is 0 Å². The number of ketones is 1. The molecule has 3 aromatic carbocycles. The fourth-order valence-corrected chi connectivity index (χ4v) is 3.25. The van der Waals surface area contributed by atoms with E-state index in [9.17, 15) is 4.79 Å². The number of nitrogens with zero attached hydrogens (tertiary/aromatic N) is 1. The van der Waals surface area contributed by atoms with Gasteiger partial charge in [-0.05, 0) is 35.5 Å². The maximum atomic E-state index is 12.7. The molecule has 4 rings (SSSR count). The molecule has 4 aromatic rings. The monoisotopic (exact) mass is 344 g/mol. The summed E-state index contributed by atoms with van der Waals surface area (Å²) in [5.74, 6) is 0.0421. The molecule has 0 amide bonds. The molecule has 0 spiro atoms. The average Bonchev–Trinajstić information content (AvgIpc) is 2.98. The lowest BCUT2D eigenvalue weighted by Gasteiger charge is -2.06. The standard InChI is InChI=1S/C21H16N2OS/c24-20(14-23-19-9-5-4-8-18(19)22-21(23)25)17-12-10-16(11-13-17)15-6-2-1-3-7-15/h1-13H,14H2,(H,22,25). The number of hydrogen-bond acceptors (Lipinski definition) is 2. The number of para-hydroxylation sites is 2. The van der Waals surface area contributed by atoms with Crippen molar-refractivity contribution in [1.82, 2.24) is 9.55 Å². The van der Waals surface area contributed by atoms with E-state index in [0.717, 1.165) is 22.2 Å². The van der Waals surface area contributed by atoms with Gasteiger partial charge in [0, 0.05) is 5.56 Å². The van der Waals surface area contributed by atoms with Crippen LogP contribution in [0.1, 0.15) is 10.4 Å². The Morgan fingerprint density at radius 1 is 0.840 bits per heavy atom. The number of nitrogens with one attached hydrogen (secondary N) is 1. The highest BCUT2D eigenvalue weighted by Crippen LogP contribution is 2.20. The largest absolute Gasteiger partial charge is 0.331 e. The number of benzene rings is 3. The Balaban J connectivity index is 1.61. The predicted molar refractivity (Wildman–Crippen MR) is 103 cm³/mol. The van der Waals surface area contributed by atoms with Crippen molar-refractivity contribution in [3.05, 3.63) is 89.2 Å². The van der Waals surface area contributed by atoms with E-state index in [0.29, 0.717) is 10.3 Å². The zero-order valence-electron chi connectivity index (χ0n) is 13.5. The highest BCUT2D eigenvalue weighted by atomic mass is 32.1. The first kappa shape index (κ1) is 15.5. The number of H-pyrrole nitrogens is 1. The maximum Gasteiger partial charge on any atom is 0.182 e. The summed E-state index contributed by atoms with van der Waals surface area (Å²) in [4.78, 5) is 15.8. The fourth-order valence-electron chi connectivity index (χ4n) is 2.98. The Kier molecular flexibility index (Phi) is 4.04. The molecule has 0 radical (unpaired) electrons. The number of Topliss-reactive ketones (excluding diaryl/α,β-unsaturated/α-hetero) is 1. The molecule has 25 heavy (non-hydrogen) atoms. The predicted octanol–water partition coefficient (Wildman–Crippen LogP) is 5.25. The number of carbonyl (C=O) groups excluding carboxylic acids is 1. The third-order valence-corrected chi connectivity index (χ3v) is 4.62. The van der Waals surface area contributed by atoms with Crippen LogP contribution >= 0.6 is 12.2 Å². The van der Waals surface area contributed by atoms with Gasteiger partial charge in [-0.15, -0.1) is 0 Å². The lowest BCUT2D eigenvalue weighted by atomic mass is 10.0. The second kappa shape index (κ2) is 6.49. The van der Waals surface area contributed by atoms with Gasteiger partial charge in [-0.25, -0.2) is 0 Å². The molecule has 3 nitrogen and oxygen atoms in total. The van der Waals surface area contributed by atoms with Gasteiger partial charge in [-0.1, -0.05) is 66.7 Å². The maximum absolute atomic E-state index is 12.7. The summed E-state index contributed by atoms with van der Waals surface area (Å²) in [7, 11) is 0. The summed E-state index contributed by atoms with van der Waals surface area (Å²) >= 11 is 5.36. The van der Waals surface area contributed by atoms with E-state index < -0.39 is 0 Å². The number of rotatable bonds is 4. The quantitative estimate of drug-likeness (QED) is 0.406. The third-order valence-electron chi connectivity index (χ3n) is 4.30. The molecular formula is C21H16N2OS. The van der Waals surface area contributed by atoms with Crippen LogP contribution in [0.2, 0.25) is 0 Å². The minimum Gasteiger partial charge on any atom is -0.331 e. The Bertz CT molecular complexity index is 1090. The van der Waals surface area contributed by atoms with Crippen LogP contribution in [-0.2, 0) is 6.54 Å². The van der Waals surface area contributed by atoms with Crippen molar-refractivity contribution in [1.29, 1.82) is 0 Å². The first-order valence-corrected chi connectivity index (χ1v) is 8.49. The Morgan fingerprint density at radius 2 is 1.48 bits per heavy atom. The normalized spacial score (nSPS) is 10.9. The van der Waals surface area contributed by atoms with Crippen LogP contribution in [0.5, 0.6) is 0 Å². The molecule has 122 valence electrons. The Hall–Kier alpha value is -2.98. The molecule has 1 aromatic heterocycles. The minimum absolute atomic E-state index is 0.0421. The van der Waals surface area contributed by atoms with E-state index >= 15 is 0 Å². The van der Waals surface area contributed by atoms with Gasteiger partial charge in [-0.2, -0.15) is 0 Å². The smallest absolute Gasteiger partial charge is 0.182 e. The van der Waals surface area contributed by atoms with E-state index in [2.05, 4.69) is 17.1 Å². The minimum atomic E-state index is 0.0421. The van der Waals surface area contributed by atoms with Crippen LogP contribution < -0.4 is 0 Å². The van der Waals surface area contributed by atoms with Crippen molar-refractivity contribution in [3.8, 4) is 11.1 Å². The molecule has 0 saturated carbocycles. The molecule has 4 heteroatoms. The van der Waals surface area contributed by atoms with E-state index in [4.69, 9.17) is 12.2 Å². The first-order valence-electron chi connectivity index (χ1n) is 8.08. The lowest BCUT2D eigenvalue weighted by Crippen LogP contribution is -2.10. The zero-order chi connectivity index (χ0) is 17.2. The van der Waals surface area contributed by atoms with Crippen LogP contribution in [0.4, 0.5) is 0 Å². The lowest BCUT2D eigenvalue weighted by molar-refractivity contribution is 0.0973. The van der Waals surface area contributed by atoms with E-state index in [1.165, 1.54) is 0 Å². The molecule has 0 aliphatic heterocycles. The van der Waals surface area contributed by atoms with Gasteiger partial charge in [0.05, 0.1) is 17.6 Å². The number of fused-ring (bicyclic) bond motifs is 1. The average molecular weight is 344 g/mol. The molecule has 0 aliphatic carbocycles. The molecule has 0 atom stereocenters. The number of aromatic amines is 1. The van der Waals surface area contributed by atoms with Gasteiger partial charge in [0.1, 0.15) is 0 Å². The molecule has 0 fully saturated rings. The van der Waals surface area contributed by atoms with Gasteiger partial charge in [0.2, 0.25) is 0 Å². The van der Waals surface area contributed by atoms with Crippen LogP contribution in [0.25, 0.3) is 22.2 Å². The topological polar surface area (TPSA) is 37.8 Å². The number of aromatic nitrogens is 2. The molecular weight excluding hydrogens is 328 g/mol. The summed E-state index contributed by atoms with van der Waals surface area (Å²) < 4.78 is 2.41. The summed E-state index contributed by atoms with van der Waals surface area (Å²) in [6.45, 7) is 0.230. The van der Waals surface area contributed by atoms with Crippen molar-refractivity contribution < 1.29 is 4.79 Å². The molecule has 0 aliphatic rings. The van der Waals surface area contributed by atoms with Gasteiger partial charge in [0.25, 0.3) is 0 Å². The van der Waals surface area contributed by atoms with E-state index in [1.807, 2.05) is 71.3 Å². The van der Waals surface area contributed by atoms with Gasteiger partial charge in [-0.3, -0.25) is 4.79 Å². The van der Waals surface area contributed by atoms with Crippen molar-refractivity contribution in [2.45, 2.75) is 6.54 Å². The van der Waals surface area contributed by atoms with Crippen LogP contribution in [0.3, 0.4) is 0 Å².